The van der Waals surface area contributed by atoms with Crippen molar-refractivity contribution in [2.75, 3.05) is 13.1 Å². The van der Waals surface area contributed by atoms with Crippen molar-refractivity contribution in [3.63, 3.8) is 0 Å². The van der Waals surface area contributed by atoms with Crippen LogP contribution in [0.1, 0.15) is 11.8 Å². The number of sulfonamides is 1. The topological polar surface area (TPSA) is 72.2 Å². The van der Waals surface area contributed by atoms with Gasteiger partial charge in [-0.15, -0.1) is 11.3 Å². The van der Waals surface area contributed by atoms with Gasteiger partial charge in [-0.3, -0.25) is 0 Å². The molecule has 80 valence electrons. The zero-order valence-electron chi connectivity index (χ0n) is 7.99. The molecule has 0 bridgehead atoms. The van der Waals surface area contributed by atoms with Crippen LogP contribution >= 0.6 is 11.3 Å². The Hall–Kier alpha value is -0.430. The first-order valence-corrected chi connectivity index (χ1v) is 6.68. The van der Waals surface area contributed by atoms with E-state index < -0.39 is 10.0 Å². The van der Waals surface area contributed by atoms with Crippen LogP contribution in [0.25, 0.3) is 0 Å². The first-order valence-electron chi connectivity index (χ1n) is 4.38. The van der Waals surface area contributed by atoms with Gasteiger partial charge >= 0.3 is 0 Å². The molecule has 0 aliphatic carbocycles. The number of nitrogens with two attached hydrogens (primary N) is 1. The fourth-order valence-corrected chi connectivity index (χ4v) is 3.34. The smallest absolute Gasteiger partial charge is 0.250 e. The Morgan fingerprint density at radius 2 is 2.21 bits per heavy atom. The summed E-state index contributed by atoms with van der Waals surface area (Å²) < 4.78 is 25.9. The number of aryl methyl sites for hydroxylation is 1. The molecular weight excluding hydrogens is 220 g/mol. The van der Waals surface area contributed by atoms with E-state index in [2.05, 4.69) is 4.72 Å². The fourth-order valence-electron chi connectivity index (χ4n) is 0.957. The number of hydrogen-bond donors (Lipinski definition) is 2. The van der Waals surface area contributed by atoms with Gasteiger partial charge in [0.15, 0.2) is 0 Å². The van der Waals surface area contributed by atoms with Crippen molar-refractivity contribution in [1.29, 1.82) is 0 Å². The quantitative estimate of drug-likeness (QED) is 0.781. The Labute approximate surface area is 88.2 Å². The van der Waals surface area contributed by atoms with Crippen LogP contribution < -0.4 is 10.5 Å². The molecule has 0 aromatic carbocycles. The highest BCUT2D eigenvalue weighted by Gasteiger charge is 2.14. The molecule has 0 saturated heterocycles. The lowest BCUT2D eigenvalue weighted by Gasteiger charge is -2.01. The summed E-state index contributed by atoms with van der Waals surface area (Å²) in [6.45, 7) is 2.59. The van der Waals surface area contributed by atoms with Crippen LogP contribution in [-0.2, 0) is 16.4 Å². The van der Waals surface area contributed by atoms with Gasteiger partial charge in [-0.05, 0) is 18.6 Å². The molecule has 0 aliphatic heterocycles. The van der Waals surface area contributed by atoms with Crippen LogP contribution in [0.4, 0.5) is 0 Å². The molecule has 0 radical (unpaired) electrons. The molecule has 0 unspecified atom stereocenters. The van der Waals surface area contributed by atoms with Crippen LogP contribution in [0.3, 0.4) is 0 Å². The van der Waals surface area contributed by atoms with Gasteiger partial charge in [0.25, 0.3) is 0 Å². The summed E-state index contributed by atoms with van der Waals surface area (Å²) in [7, 11) is -3.32. The van der Waals surface area contributed by atoms with Crippen molar-refractivity contribution in [3.05, 3.63) is 17.0 Å². The predicted octanol–water partition coefficient (Wildman–Crippen LogP) is 0.548. The summed E-state index contributed by atoms with van der Waals surface area (Å²) in [6.07, 6.45) is 0.858. The first-order chi connectivity index (χ1) is 6.60. The SMILES string of the molecule is CCc1ccc(S(=O)(=O)NCCN)s1. The molecule has 1 aromatic rings. The molecule has 0 spiro atoms. The van der Waals surface area contributed by atoms with Crippen molar-refractivity contribution in [3.8, 4) is 0 Å². The zero-order valence-corrected chi connectivity index (χ0v) is 9.62. The molecule has 1 rings (SSSR count). The van der Waals surface area contributed by atoms with Crippen LogP contribution in [0.2, 0.25) is 0 Å². The Bertz CT molecular complexity index is 384. The normalized spacial score (nSPS) is 11.9. The number of hydrogen-bond acceptors (Lipinski definition) is 4. The average Bonchev–Trinajstić information content (AvgIpc) is 2.63. The van der Waals surface area contributed by atoms with Gasteiger partial charge in [-0.25, -0.2) is 13.1 Å². The summed E-state index contributed by atoms with van der Waals surface area (Å²) >= 11 is 1.30. The molecule has 0 saturated carbocycles. The van der Waals surface area contributed by atoms with Crippen LogP contribution in [0.15, 0.2) is 16.3 Å². The van der Waals surface area contributed by atoms with E-state index in [0.29, 0.717) is 10.8 Å². The molecule has 0 fully saturated rings. The van der Waals surface area contributed by atoms with Gasteiger partial charge in [-0.2, -0.15) is 0 Å². The third kappa shape index (κ3) is 2.78. The Kier molecular flexibility index (Phi) is 4.06. The van der Waals surface area contributed by atoms with Crippen molar-refractivity contribution < 1.29 is 8.42 Å². The van der Waals surface area contributed by atoms with Crippen LogP contribution in [0.5, 0.6) is 0 Å². The average molecular weight is 234 g/mol. The second-order valence-electron chi connectivity index (χ2n) is 2.76. The van der Waals surface area contributed by atoms with E-state index in [9.17, 15) is 8.42 Å². The van der Waals surface area contributed by atoms with Crippen molar-refractivity contribution in [1.82, 2.24) is 4.72 Å². The van der Waals surface area contributed by atoms with Crippen LogP contribution in [0, 0.1) is 0 Å². The maximum absolute atomic E-state index is 11.6. The predicted molar refractivity (Wildman–Crippen MR) is 57.9 cm³/mol. The molecule has 0 amide bonds. The standard InChI is InChI=1S/C8H14N2O2S2/c1-2-7-3-4-8(13-7)14(11,12)10-6-5-9/h3-4,10H,2,5-6,9H2,1H3. The summed E-state index contributed by atoms with van der Waals surface area (Å²) in [5, 5.41) is 0. The maximum Gasteiger partial charge on any atom is 0.250 e. The highest BCUT2D eigenvalue weighted by atomic mass is 32.2. The second kappa shape index (κ2) is 4.88. The van der Waals surface area contributed by atoms with Gasteiger partial charge in [0.2, 0.25) is 10.0 Å². The zero-order chi connectivity index (χ0) is 10.6. The van der Waals surface area contributed by atoms with E-state index in [0.717, 1.165) is 11.3 Å². The third-order valence-corrected chi connectivity index (χ3v) is 4.87. The number of thiophene rings is 1. The molecule has 1 heterocycles. The van der Waals surface area contributed by atoms with Crippen molar-refractivity contribution in [2.24, 2.45) is 5.73 Å². The first kappa shape index (κ1) is 11.6. The Morgan fingerprint density at radius 3 is 2.71 bits per heavy atom. The Balaban J connectivity index is 2.81. The van der Waals surface area contributed by atoms with Gasteiger partial charge in [0.1, 0.15) is 4.21 Å². The number of rotatable bonds is 5. The largest absolute Gasteiger partial charge is 0.329 e. The minimum absolute atomic E-state index is 0.279. The van der Waals surface area contributed by atoms with E-state index in [1.165, 1.54) is 11.3 Å². The summed E-state index contributed by atoms with van der Waals surface area (Å²) in [6, 6.07) is 3.46. The lowest BCUT2D eigenvalue weighted by atomic mass is 10.4. The van der Waals surface area contributed by atoms with E-state index in [-0.39, 0.29) is 6.54 Å². The Morgan fingerprint density at radius 1 is 1.50 bits per heavy atom. The molecule has 3 N–H and O–H groups in total. The second-order valence-corrected chi connectivity index (χ2v) is 5.92. The van der Waals surface area contributed by atoms with Crippen molar-refractivity contribution in [2.45, 2.75) is 17.6 Å². The third-order valence-electron chi connectivity index (χ3n) is 1.69. The summed E-state index contributed by atoms with van der Waals surface area (Å²) in [5.74, 6) is 0. The number of nitrogens with one attached hydrogen (secondary N) is 1. The molecule has 0 atom stereocenters. The lowest BCUT2D eigenvalue weighted by Crippen LogP contribution is -2.28. The van der Waals surface area contributed by atoms with E-state index in [4.69, 9.17) is 5.73 Å². The highest BCUT2D eigenvalue weighted by molar-refractivity contribution is 7.91. The molecule has 0 aliphatic rings. The molecule has 4 nitrogen and oxygen atoms in total. The fraction of sp³-hybridized carbons (Fsp3) is 0.500. The molecular formula is C8H14N2O2S2. The molecule has 6 heteroatoms. The minimum atomic E-state index is -3.32. The van der Waals surface area contributed by atoms with Gasteiger partial charge < -0.3 is 5.73 Å². The van der Waals surface area contributed by atoms with E-state index in [1.54, 1.807) is 6.07 Å². The van der Waals surface area contributed by atoms with Gasteiger partial charge in [0.05, 0.1) is 0 Å². The van der Waals surface area contributed by atoms with Gasteiger partial charge in [0, 0.05) is 18.0 Å². The van der Waals surface area contributed by atoms with E-state index in [1.807, 2.05) is 13.0 Å². The van der Waals surface area contributed by atoms with Crippen LogP contribution in [-0.4, -0.2) is 21.5 Å². The minimum Gasteiger partial charge on any atom is -0.329 e. The lowest BCUT2D eigenvalue weighted by molar-refractivity contribution is 0.584. The molecule has 14 heavy (non-hydrogen) atoms. The highest BCUT2D eigenvalue weighted by Crippen LogP contribution is 2.21. The van der Waals surface area contributed by atoms with Gasteiger partial charge in [-0.1, -0.05) is 6.92 Å². The summed E-state index contributed by atoms with van der Waals surface area (Å²) in [4.78, 5) is 1.07. The monoisotopic (exact) mass is 234 g/mol. The molecule has 1 aromatic heterocycles. The maximum atomic E-state index is 11.6. The van der Waals surface area contributed by atoms with Crippen molar-refractivity contribution >= 4 is 21.4 Å². The van der Waals surface area contributed by atoms with E-state index >= 15 is 0 Å². The summed E-state index contributed by atoms with van der Waals surface area (Å²) in [5.41, 5.74) is 5.22.